The van der Waals surface area contributed by atoms with E-state index in [1.165, 1.54) is 0 Å². The van der Waals surface area contributed by atoms with Crippen molar-refractivity contribution in [2.24, 2.45) is 0 Å². The Kier molecular flexibility index (Phi) is 5.17. The standard InChI is InChI=1S/C14H22O2/c1-5-7-15-13-9-12(4)14(10-11(13)3)16-8-6-2/h9-10H,5-8H2,1-4H3. The molecule has 16 heavy (non-hydrogen) atoms. The fourth-order valence-corrected chi connectivity index (χ4v) is 1.50. The van der Waals surface area contributed by atoms with Gasteiger partial charge in [0.1, 0.15) is 11.5 Å². The van der Waals surface area contributed by atoms with Gasteiger partial charge in [-0.1, -0.05) is 13.8 Å². The van der Waals surface area contributed by atoms with Crippen LogP contribution in [-0.4, -0.2) is 13.2 Å². The van der Waals surface area contributed by atoms with E-state index in [2.05, 4.69) is 39.8 Å². The monoisotopic (exact) mass is 222 g/mol. The van der Waals surface area contributed by atoms with Crippen LogP contribution in [0.15, 0.2) is 12.1 Å². The van der Waals surface area contributed by atoms with E-state index in [1.807, 2.05) is 0 Å². The molecule has 0 aliphatic heterocycles. The lowest BCUT2D eigenvalue weighted by molar-refractivity contribution is 0.305. The Morgan fingerprint density at radius 1 is 0.812 bits per heavy atom. The summed E-state index contributed by atoms with van der Waals surface area (Å²) in [6.45, 7) is 9.89. The minimum Gasteiger partial charge on any atom is -0.493 e. The molecule has 0 spiro atoms. The van der Waals surface area contributed by atoms with E-state index in [0.717, 1.165) is 48.7 Å². The molecule has 0 unspecified atom stereocenters. The molecule has 0 radical (unpaired) electrons. The summed E-state index contributed by atoms with van der Waals surface area (Å²) in [5.41, 5.74) is 2.29. The fraction of sp³-hybridized carbons (Fsp3) is 0.571. The van der Waals surface area contributed by atoms with E-state index >= 15 is 0 Å². The predicted molar refractivity (Wildman–Crippen MR) is 67.5 cm³/mol. The molecule has 1 aromatic carbocycles. The molecule has 90 valence electrons. The largest absolute Gasteiger partial charge is 0.493 e. The Bertz CT molecular complexity index is 298. The first kappa shape index (κ1) is 12.9. The number of hydrogen-bond acceptors (Lipinski definition) is 2. The van der Waals surface area contributed by atoms with Crippen molar-refractivity contribution in [3.63, 3.8) is 0 Å². The van der Waals surface area contributed by atoms with Gasteiger partial charge in [0, 0.05) is 0 Å². The number of ether oxygens (including phenoxy) is 2. The van der Waals surface area contributed by atoms with Crippen molar-refractivity contribution in [2.45, 2.75) is 40.5 Å². The molecule has 0 aliphatic rings. The highest BCUT2D eigenvalue weighted by molar-refractivity contribution is 5.45. The van der Waals surface area contributed by atoms with Crippen LogP contribution in [0.1, 0.15) is 37.8 Å². The molecular formula is C14H22O2. The number of rotatable bonds is 6. The van der Waals surface area contributed by atoms with Gasteiger partial charge in [0.2, 0.25) is 0 Å². The van der Waals surface area contributed by atoms with E-state index in [0.29, 0.717) is 0 Å². The van der Waals surface area contributed by atoms with Gasteiger partial charge in [-0.3, -0.25) is 0 Å². The van der Waals surface area contributed by atoms with Gasteiger partial charge < -0.3 is 9.47 Å². The minimum atomic E-state index is 0.773. The Morgan fingerprint density at radius 2 is 1.19 bits per heavy atom. The van der Waals surface area contributed by atoms with Crippen molar-refractivity contribution >= 4 is 0 Å². The van der Waals surface area contributed by atoms with Crippen molar-refractivity contribution in [3.05, 3.63) is 23.3 Å². The molecule has 1 rings (SSSR count). The van der Waals surface area contributed by atoms with Crippen LogP contribution in [0.2, 0.25) is 0 Å². The van der Waals surface area contributed by atoms with E-state index < -0.39 is 0 Å². The molecule has 2 nitrogen and oxygen atoms in total. The first-order chi connectivity index (χ1) is 7.69. The third kappa shape index (κ3) is 3.44. The quantitative estimate of drug-likeness (QED) is 0.727. The van der Waals surface area contributed by atoms with Gasteiger partial charge in [-0.2, -0.15) is 0 Å². The summed E-state index contributed by atoms with van der Waals surface area (Å²) in [5.74, 6) is 1.95. The second kappa shape index (κ2) is 6.41. The van der Waals surface area contributed by atoms with Crippen LogP contribution in [0.25, 0.3) is 0 Å². The van der Waals surface area contributed by atoms with Crippen molar-refractivity contribution in [3.8, 4) is 11.5 Å². The molecule has 2 heteroatoms. The lowest BCUT2D eigenvalue weighted by Gasteiger charge is -2.13. The molecule has 0 aromatic heterocycles. The van der Waals surface area contributed by atoms with Gasteiger partial charge in [-0.25, -0.2) is 0 Å². The third-order valence-corrected chi connectivity index (χ3v) is 2.40. The molecule has 0 fully saturated rings. The molecule has 0 heterocycles. The van der Waals surface area contributed by atoms with Crippen molar-refractivity contribution < 1.29 is 9.47 Å². The van der Waals surface area contributed by atoms with Crippen LogP contribution >= 0.6 is 0 Å². The summed E-state index contributed by atoms with van der Waals surface area (Å²) >= 11 is 0. The highest BCUT2D eigenvalue weighted by atomic mass is 16.5. The zero-order chi connectivity index (χ0) is 12.0. The Labute approximate surface area is 98.6 Å². The topological polar surface area (TPSA) is 18.5 Å². The molecule has 0 N–H and O–H groups in total. The molecule has 0 atom stereocenters. The first-order valence-corrected chi connectivity index (χ1v) is 6.05. The smallest absolute Gasteiger partial charge is 0.122 e. The van der Waals surface area contributed by atoms with E-state index in [9.17, 15) is 0 Å². The van der Waals surface area contributed by atoms with E-state index in [4.69, 9.17) is 9.47 Å². The zero-order valence-corrected chi connectivity index (χ0v) is 10.8. The second-order valence-corrected chi connectivity index (χ2v) is 4.08. The van der Waals surface area contributed by atoms with E-state index in [1.54, 1.807) is 0 Å². The summed E-state index contributed by atoms with van der Waals surface area (Å²) in [4.78, 5) is 0. The van der Waals surface area contributed by atoms with Crippen LogP contribution in [0.5, 0.6) is 11.5 Å². The number of benzene rings is 1. The normalized spacial score (nSPS) is 10.2. The summed E-state index contributed by atoms with van der Waals surface area (Å²) in [6.07, 6.45) is 2.07. The predicted octanol–water partition coefficient (Wildman–Crippen LogP) is 3.88. The van der Waals surface area contributed by atoms with E-state index in [-0.39, 0.29) is 0 Å². The molecule has 0 saturated heterocycles. The molecule has 0 amide bonds. The van der Waals surface area contributed by atoms with Gasteiger partial charge in [-0.05, 0) is 49.9 Å². The molecule has 1 aromatic rings. The molecule has 0 bridgehead atoms. The zero-order valence-electron chi connectivity index (χ0n) is 10.8. The van der Waals surface area contributed by atoms with Gasteiger partial charge >= 0.3 is 0 Å². The lowest BCUT2D eigenvalue weighted by atomic mass is 10.1. The average Bonchev–Trinajstić information content (AvgIpc) is 2.28. The number of aryl methyl sites for hydroxylation is 2. The second-order valence-electron chi connectivity index (χ2n) is 4.08. The van der Waals surface area contributed by atoms with Crippen LogP contribution in [0.4, 0.5) is 0 Å². The lowest BCUT2D eigenvalue weighted by Crippen LogP contribution is -2.01. The van der Waals surface area contributed by atoms with Crippen molar-refractivity contribution in [2.75, 3.05) is 13.2 Å². The minimum absolute atomic E-state index is 0.773. The summed E-state index contributed by atoms with van der Waals surface area (Å²) < 4.78 is 11.3. The van der Waals surface area contributed by atoms with Crippen LogP contribution in [0, 0.1) is 13.8 Å². The van der Waals surface area contributed by atoms with Gasteiger partial charge in [-0.15, -0.1) is 0 Å². The van der Waals surface area contributed by atoms with Gasteiger partial charge in [0.05, 0.1) is 13.2 Å². The number of hydrogen-bond donors (Lipinski definition) is 0. The highest BCUT2D eigenvalue weighted by Gasteiger charge is 2.06. The Hall–Kier alpha value is -1.18. The molecule has 0 saturated carbocycles. The summed E-state index contributed by atoms with van der Waals surface area (Å²) in [7, 11) is 0. The Morgan fingerprint density at radius 3 is 1.50 bits per heavy atom. The van der Waals surface area contributed by atoms with Crippen LogP contribution in [0.3, 0.4) is 0 Å². The average molecular weight is 222 g/mol. The van der Waals surface area contributed by atoms with Gasteiger partial charge in [0.25, 0.3) is 0 Å². The maximum atomic E-state index is 5.67. The van der Waals surface area contributed by atoms with Gasteiger partial charge in [0.15, 0.2) is 0 Å². The Balaban J connectivity index is 2.79. The molecular weight excluding hydrogens is 200 g/mol. The summed E-state index contributed by atoms with van der Waals surface area (Å²) in [6, 6.07) is 4.13. The van der Waals surface area contributed by atoms with Crippen LogP contribution in [-0.2, 0) is 0 Å². The highest BCUT2D eigenvalue weighted by Crippen LogP contribution is 2.28. The SMILES string of the molecule is CCCOc1cc(C)c(OCCC)cc1C. The van der Waals surface area contributed by atoms with Crippen molar-refractivity contribution in [1.82, 2.24) is 0 Å². The fourth-order valence-electron chi connectivity index (χ4n) is 1.50. The first-order valence-electron chi connectivity index (χ1n) is 6.05. The maximum Gasteiger partial charge on any atom is 0.122 e. The van der Waals surface area contributed by atoms with Crippen molar-refractivity contribution in [1.29, 1.82) is 0 Å². The summed E-state index contributed by atoms with van der Waals surface area (Å²) in [5, 5.41) is 0. The third-order valence-electron chi connectivity index (χ3n) is 2.40. The molecule has 0 aliphatic carbocycles. The maximum absolute atomic E-state index is 5.67. The van der Waals surface area contributed by atoms with Crippen LogP contribution < -0.4 is 9.47 Å².